The molecule has 1 N–H and O–H groups in total. The van der Waals surface area contributed by atoms with Crippen LogP contribution < -0.4 is 0 Å². The summed E-state index contributed by atoms with van der Waals surface area (Å²) in [5.74, 6) is 0.755. The largest absolute Gasteiger partial charge is 0.388 e. The van der Waals surface area contributed by atoms with Crippen molar-refractivity contribution in [2.75, 3.05) is 0 Å². The van der Waals surface area contributed by atoms with Gasteiger partial charge in [0.2, 0.25) is 0 Å². The molecule has 0 bridgehead atoms. The number of hydrogen-bond donors (Lipinski definition) is 1. The van der Waals surface area contributed by atoms with Crippen LogP contribution in [0.15, 0.2) is 6.07 Å². The molecule has 2 heteroatoms. The van der Waals surface area contributed by atoms with Crippen LogP contribution in [0.2, 0.25) is 0 Å². The SMILES string of the molecule is Cc1cc2c(n1C1CCCCCC1C)CC(C)(C)CC2O. The summed E-state index contributed by atoms with van der Waals surface area (Å²) < 4.78 is 2.61. The summed E-state index contributed by atoms with van der Waals surface area (Å²) in [5.41, 5.74) is 4.21. The lowest BCUT2D eigenvalue weighted by molar-refractivity contribution is 0.0967. The molecular weight excluding hydrogens is 258 g/mol. The van der Waals surface area contributed by atoms with E-state index in [2.05, 4.69) is 38.3 Å². The van der Waals surface area contributed by atoms with Crippen LogP contribution >= 0.6 is 0 Å². The molecule has 118 valence electrons. The van der Waals surface area contributed by atoms with Gasteiger partial charge in [-0.15, -0.1) is 0 Å². The van der Waals surface area contributed by atoms with Gasteiger partial charge in [0.25, 0.3) is 0 Å². The molecule has 1 fully saturated rings. The van der Waals surface area contributed by atoms with E-state index in [0.717, 1.165) is 18.8 Å². The minimum Gasteiger partial charge on any atom is -0.388 e. The van der Waals surface area contributed by atoms with Crippen LogP contribution in [0.1, 0.15) is 88.4 Å². The van der Waals surface area contributed by atoms with Crippen LogP contribution in [-0.4, -0.2) is 9.67 Å². The highest BCUT2D eigenvalue weighted by atomic mass is 16.3. The Labute approximate surface area is 129 Å². The number of aromatic nitrogens is 1. The molecule has 3 unspecified atom stereocenters. The molecule has 0 amide bonds. The second-order valence-corrected chi connectivity index (χ2v) is 8.30. The molecule has 0 aliphatic heterocycles. The van der Waals surface area contributed by atoms with E-state index < -0.39 is 0 Å². The lowest BCUT2D eigenvalue weighted by Gasteiger charge is -2.36. The third kappa shape index (κ3) is 2.79. The fraction of sp³-hybridized carbons (Fsp3) is 0.789. The molecule has 0 aromatic carbocycles. The second kappa shape index (κ2) is 5.46. The summed E-state index contributed by atoms with van der Waals surface area (Å²) >= 11 is 0. The van der Waals surface area contributed by atoms with Crippen LogP contribution in [0, 0.1) is 18.3 Å². The van der Waals surface area contributed by atoms with Crippen molar-refractivity contribution >= 4 is 0 Å². The molecule has 1 aromatic rings. The highest BCUT2D eigenvalue weighted by Gasteiger charge is 2.36. The number of nitrogens with zero attached hydrogens (tertiary/aromatic N) is 1. The van der Waals surface area contributed by atoms with Crippen molar-refractivity contribution < 1.29 is 5.11 Å². The van der Waals surface area contributed by atoms with Crippen LogP contribution in [0.4, 0.5) is 0 Å². The van der Waals surface area contributed by atoms with Gasteiger partial charge in [0.15, 0.2) is 0 Å². The number of hydrogen-bond acceptors (Lipinski definition) is 1. The Balaban J connectivity index is 2.03. The number of aliphatic hydroxyl groups is 1. The highest BCUT2D eigenvalue weighted by Crippen LogP contribution is 2.45. The fourth-order valence-electron chi connectivity index (χ4n) is 4.68. The van der Waals surface area contributed by atoms with E-state index in [-0.39, 0.29) is 11.5 Å². The maximum Gasteiger partial charge on any atom is 0.0812 e. The monoisotopic (exact) mass is 289 g/mol. The maximum absolute atomic E-state index is 10.5. The molecule has 0 saturated heterocycles. The van der Waals surface area contributed by atoms with Crippen LogP contribution in [0.3, 0.4) is 0 Å². The third-order valence-electron chi connectivity index (χ3n) is 5.77. The Kier molecular flexibility index (Phi) is 3.94. The Hall–Kier alpha value is -0.760. The smallest absolute Gasteiger partial charge is 0.0812 e. The molecule has 3 atom stereocenters. The van der Waals surface area contributed by atoms with Crippen LogP contribution in [0.5, 0.6) is 0 Å². The normalized spacial score (nSPS) is 32.5. The summed E-state index contributed by atoms with van der Waals surface area (Å²) in [7, 11) is 0. The molecule has 3 rings (SSSR count). The van der Waals surface area contributed by atoms with Gasteiger partial charge in [-0.1, -0.05) is 40.0 Å². The fourth-order valence-corrected chi connectivity index (χ4v) is 4.68. The zero-order chi connectivity index (χ0) is 15.2. The average molecular weight is 289 g/mol. The summed E-state index contributed by atoms with van der Waals surface area (Å²) in [4.78, 5) is 0. The summed E-state index contributed by atoms with van der Waals surface area (Å²) in [5, 5.41) is 10.5. The van der Waals surface area contributed by atoms with Gasteiger partial charge in [0.05, 0.1) is 6.10 Å². The van der Waals surface area contributed by atoms with Crippen molar-refractivity contribution in [2.45, 2.75) is 84.8 Å². The molecule has 0 spiro atoms. The topological polar surface area (TPSA) is 25.2 Å². The standard InChI is InChI=1S/C19H31NO/c1-13-8-6-5-7-9-16(13)20-14(2)10-15-17(20)11-19(3,4)12-18(15)21/h10,13,16,18,21H,5-9,11-12H2,1-4H3. The number of aliphatic hydroxyl groups excluding tert-OH is 1. The molecule has 2 nitrogen and oxygen atoms in total. The van der Waals surface area contributed by atoms with E-state index in [4.69, 9.17) is 0 Å². The summed E-state index contributed by atoms with van der Waals surface area (Å²) in [6, 6.07) is 2.89. The minimum absolute atomic E-state index is 0.211. The first-order chi connectivity index (χ1) is 9.89. The predicted molar refractivity (Wildman–Crippen MR) is 87.5 cm³/mol. The minimum atomic E-state index is -0.273. The second-order valence-electron chi connectivity index (χ2n) is 8.30. The lowest BCUT2D eigenvalue weighted by Crippen LogP contribution is -2.29. The molecule has 0 radical (unpaired) electrons. The quantitative estimate of drug-likeness (QED) is 0.728. The number of fused-ring (bicyclic) bond motifs is 1. The Morgan fingerprint density at radius 2 is 1.90 bits per heavy atom. The van der Waals surface area contributed by atoms with E-state index in [1.165, 1.54) is 49.1 Å². The Morgan fingerprint density at radius 1 is 1.19 bits per heavy atom. The van der Waals surface area contributed by atoms with E-state index in [1.807, 2.05) is 0 Å². The van der Waals surface area contributed by atoms with Crippen molar-refractivity contribution in [2.24, 2.45) is 11.3 Å². The average Bonchev–Trinajstić information content (AvgIpc) is 2.56. The van der Waals surface area contributed by atoms with E-state index in [0.29, 0.717) is 6.04 Å². The van der Waals surface area contributed by atoms with E-state index in [9.17, 15) is 5.11 Å². The molecule has 2 aliphatic rings. The van der Waals surface area contributed by atoms with Gasteiger partial charge < -0.3 is 9.67 Å². The van der Waals surface area contributed by atoms with Crippen LogP contribution in [-0.2, 0) is 6.42 Å². The number of aryl methyl sites for hydroxylation is 1. The molecule has 1 saturated carbocycles. The number of rotatable bonds is 1. The molecule has 1 heterocycles. The predicted octanol–water partition coefficient (Wildman–Crippen LogP) is 4.94. The van der Waals surface area contributed by atoms with Crippen molar-refractivity contribution in [3.8, 4) is 0 Å². The van der Waals surface area contributed by atoms with Gasteiger partial charge in [-0.3, -0.25) is 0 Å². The van der Waals surface area contributed by atoms with Crippen molar-refractivity contribution in [3.63, 3.8) is 0 Å². The Bertz CT molecular complexity index is 514. The van der Waals surface area contributed by atoms with Crippen LogP contribution in [0.25, 0.3) is 0 Å². The molecule has 2 aliphatic carbocycles. The summed E-state index contributed by atoms with van der Waals surface area (Å²) in [6.45, 7) is 9.24. The summed E-state index contributed by atoms with van der Waals surface area (Å²) in [6.07, 6.45) is 8.51. The maximum atomic E-state index is 10.5. The molecular formula is C19H31NO. The van der Waals surface area contributed by atoms with Crippen molar-refractivity contribution in [1.29, 1.82) is 0 Å². The zero-order valence-corrected chi connectivity index (χ0v) is 14.2. The van der Waals surface area contributed by atoms with Gasteiger partial charge in [-0.05, 0) is 50.0 Å². The van der Waals surface area contributed by atoms with Gasteiger partial charge >= 0.3 is 0 Å². The first-order valence-electron chi connectivity index (χ1n) is 8.78. The molecule has 21 heavy (non-hydrogen) atoms. The third-order valence-corrected chi connectivity index (χ3v) is 5.77. The van der Waals surface area contributed by atoms with Crippen molar-refractivity contribution in [3.05, 3.63) is 23.0 Å². The van der Waals surface area contributed by atoms with Crippen molar-refractivity contribution in [1.82, 2.24) is 4.57 Å². The Morgan fingerprint density at radius 3 is 2.67 bits per heavy atom. The van der Waals surface area contributed by atoms with Gasteiger partial charge in [0.1, 0.15) is 0 Å². The highest BCUT2D eigenvalue weighted by molar-refractivity contribution is 5.34. The lowest BCUT2D eigenvalue weighted by atomic mass is 9.75. The van der Waals surface area contributed by atoms with E-state index in [1.54, 1.807) is 0 Å². The van der Waals surface area contributed by atoms with Gasteiger partial charge in [0, 0.05) is 23.0 Å². The van der Waals surface area contributed by atoms with Gasteiger partial charge in [-0.2, -0.15) is 0 Å². The van der Waals surface area contributed by atoms with Gasteiger partial charge in [-0.25, -0.2) is 0 Å². The molecule has 1 aromatic heterocycles. The zero-order valence-electron chi connectivity index (χ0n) is 14.2. The first kappa shape index (κ1) is 15.1. The first-order valence-corrected chi connectivity index (χ1v) is 8.78. The van der Waals surface area contributed by atoms with E-state index >= 15 is 0 Å².